The van der Waals surface area contributed by atoms with Crippen LogP contribution < -0.4 is 4.72 Å². The van der Waals surface area contributed by atoms with E-state index in [1.165, 1.54) is 6.20 Å². The zero-order chi connectivity index (χ0) is 11.8. The third-order valence-corrected chi connectivity index (χ3v) is 3.03. The lowest BCUT2D eigenvalue weighted by Gasteiger charge is -2.00. The van der Waals surface area contributed by atoms with Crippen molar-refractivity contribution in [3.8, 4) is 0 Å². The summed E-state index contributed by atoms with van der Waals surface area (Å²) in [5.74, 6) is 1.05. The van der Waals surface area contributed by atoms with Gasteiger partial charge in [-0.2, -0.15) is 13.4 Å². The van der Waals surface area contributed by atoms with Crippen LogP contribution >= 0.6 is 0 Å². The van der Waals surface area contributed by atoms with E-state index in [2.05, 4.69) is 29.9 Å². The molecule has 0 aromatic carbocycles. The summed E-state index contributed by atoms with van der Waals surface area (Å²) in [5.41, 5.74) is 0. The van der Waals surface area contributed by atoms with E-state index in [0.717, 1.165) is 0 Å². The first-order chi connectivity index (χ1) is 7.47. The van der Waals surface area contributed by atoms with Crippen molar-refractivity contribution in [1.29, 1.82) is 0 Å². The highest BCUT2D eigenvalue weighted by atomic mass is 32.2. The Bertz CT molecular complexity index is 598. The highest BCUT2D eigenvalue weighted by molar-refractivity contribution is 7.92. The molecular weight excluding hydrogens is 232 g/mol. The first-order valence-electron chi connectivity index (χ1n) is 4.41. The fourth-order valence-electron chi connectivity index (χ4n) is 1.10. The Balaban J connectivity index is 2.27. The second kappa shape index (κ2) is 3.59. The lowest BCUT2D eigenvalue weighted by molar-refractivity contribution is 0.597. The van der Waals surface area contributed by atoms with Gasteiger partial charge in [-0.3, -0.25) is 5.10 Å². The number of hydrogen-bond acceptors (Lipinski definition) is 5. The van der Waals surface area contributed by atoms with Crippen LogP contribution in [-0.4, -0.2) is 33.6 Å². The van der Waals surface area contributed by atoms with E-state index in [1.807, 2.05) is 0 Å². The predicted molar refractivity (Wildman–Crippen MR) is 55.3 cm³/mol. The Morgan fingerprint density at radius 1 is 1.31 bits per heavy atom. The first kappa shape index (κ1) is 10.6. The maximum Gasteiger partial charge on any atom is 0.281 e. The molecule has 0 unspecified atom stereocenters. The minimum absolute atomic E-state index is 0.00440. The molecule has 2 rings (SSSR count). The molecule has 0 saturated heterocycles. The van der Waals surface area contributed by atoms with Gasteiger partial charge >= 0.3 is 0 Å². The highest BCUT2D eigenvalue weighted by Gasteiger charge is 2.18. The zero-order valence-electron chi connectivity index (χ0n) is 8.64. The highest BCUT2D eigenvalue weighted by Crippen LogP contribution is 2.10. The minimum Gasteiger partial charge on any atom is -0.332 e. The van der Waals surface area contributed by atoms with Crippen LogP contribution in [0, 0.1) is 13.8 Å². The van der Waals surface area contributed by atoms with Gasteiger partial charge in [0.25, 0.3) is 16.0 Å². The quantitative estimate of drug-likeness (QED) is 0.697. The summed E-state index contributed by atoms with van der Waals surface area (Å²) in [6.07, 6.45) is 1.23. The molecule has 8 nitrogen and oxygen atoms in total. The number of aromatic nitrogens is 5. The van der Waals surface area contributed by atoms with Gasteiger partial charge in [-0.25, -0.2) is 9.71 Å². The number of H-pyrrole nitrogens is 2. The number of aryl methyl sites for hydroxylation is 2. The molecule has 0 amide bonds. The molecule has 16 heavy (non-hydrogen) atoms. The van der Waals surface area contributed by atoms with Crippen molar-refractivity contribution in [1.82, 2.24) is 25.1 Å². The van der Waals surface area contributed by atoms with Crippen LogP contribution in [0.1, 0.15) is 11.6 Å². The van der Waals surface area contributed by atoms with E-state index in [9.17, 15) is 8.42 Å². The average Bonchev–Trinajstić information content (AvgIpc) is 2.75. The summed E-state index contributed by atoms with van der Waals surface area (Å²) in [5, 5.41) is 6.19. The third kappa shape index (κ3) is 2.03. The van der Waals surface area contributed by atoms with Crippen LogP contribution in [0.2, 0.25) is 0 Å². The van der Waals surface area contributed by atoms with Gasteiger partial charge < -0.3 is 4.98 Å². The Kier molecular flexibility index (Phi) is 2.38. The Labute approximate surface area is 91.6 Å². The molecule has 3 N–H and O–H groups in total. The SMILES string of the molecule is Cc1nc(NS(=O)(=O)c2cnc(C)[nH]2)n[nH]1. The van der Waals surface area contributed by atoms with Gasteiger partial charge in [0.1, 0.15) is 11.6 Å². The number of imidazole rings is 1. The summed E-state index contributed by atoms with van der Waals surface area (Å²) in [4.78, 5) is 10.3. The van der Waals surface area contributed by atoms with Crippen molar-refractivity contribution >= 4 is 16.0 Å². The predicted octanol–water partition coefficient (Wildman–Crippen LogP) is -0.0546. The van der Waals surface area contributed by atoms with Crippen LogP contribution in [0.3, 0.4) is 0 Å². The summed E-state index contributed by atoms with van der Waals surface area (Å²) in [6.45, 7) is 3.33. The molecule has 0 aliphatic carbocycles. The van der Waals surface area contributed by atoms with Crippen molar-refractivity contribution in [3.63, 3.8) is 0 Å². The summed E-state index contributed by atoms with van der Waals surface area (Å²) in [6, 6.07) is 0. The summed E-state index contributed by atoms with van der Waals surface area (Å²) in [7, 11) is -3.69. The number of hydrogen-bond donors (Lipinski definition) is 3. The molecule has 2 heterocycles. The monoisotopic (exact) mass is 242 g/mol. The molecule has 0 spiro atoms. The number of rotatable bonds is 3. The van der Waals surface area contributed by atoms with Crippen molar-refractivity contribution in [2.75, 3.05) is 4.72 Å². The largest absolute Gasteiger partial charge is 0.332 e. The minimum atomic E-state index is -3.69. The van der Waals surface area contributed by atoms with Crippen molar-refractivity contribution < 1.29 is 8.42 Å². The van der Waals surface area contributed by atoms with E-state index in [-0.39, 0.29) is 11.0 Å². The maximum absolute atomic E-state index is 11.7. The molecule has 86 valence electrons. The Hall–Kier alpha value is -1.90. The van der Waals surface area contributed by atoms with Gasteiger partial charge in [-0.15, -0.1) is 5.10 Å². The average molecular weight is 242 g/mol. The van der Waals surface area contributed by atoms with Gasteiger partial charge in [0.2, 0.25) is 0 Å². The lowest BCUT2D eigenvalue weighted by Crippen LogP contribution is -2.14. The van der Waals surface area contributed by atoms with E-state index < -0.39 is 10.0 Å². The molecule has 0 radical (unpaired) electrons. The fourth-order valence-corrected chi connectivity index (χ4v) is 2.01. The van der Waals surface area contributed by atoms with Crippen molar-refractivity contribution in [2.24, 2.45) is 0 Å². The second-order valence-electron chi connectivity index (χ2n) is 3.18. The fraction of sp³-hybridized carbons (Fsp3) is 0.286. The molecule has 0 fully saturated rings. The molecule has 0 atom stereocenters. The van der Waals surface area contributed by atoms with E-state index in [0.29, 0.717) is 11.6 Å². The number of aromatic amines is 2. The smallest absolute Gasteiger partial charge is 0.281 e. The third-order valence-electron chi connectivity index (χ3n) is 1.79. The van der Waals surface area contributed by atoms with Gasteiger partial charge in [-0.05, 0) is 13.8 Å². The topological polar surface area (TPSA) is 116 Å². The number of nitrogens with one attached hydrogen (secondary N) is 3. The Morgan fingerprint density at radius 3 is 2.56 bits per heavy atom. The molecule has 0 aliphatic rings. The van der Waals surface area contributed by atoms with Crippen LogP contribution in [-0.2, 0) is 10.0 Å². The number of nitrogens with zero attached hydrogens (tertiary/aromatic N) is 3. The molecule has 2 aromatic rings. The molecule has 2 aromatic heterocycles. The van der Waals surface area contributed by atoms with Gasteiger partial charge in [0.15, 0.2) is 5.03 Å². The molecular formula is C7H10N6O2S. The molecule has 0 saturated carbocycles. The van der Waals surface area contributed by atoms with Gasteiger partial charge in [-0.1, -0.05) is 0 Å². The van der Waals surface area contributed by atoms with Crippen LogP contribution in [0.25, 0.3) is 0 Å². The number of sulfonamides is 1. The summed E-state index contributed by atoms with van der Waals surface area (Å²) >= 11 is 0. The van der Waals surface area contributed by atoms with E-state index >= 15 is 0 Å². The molecule has 0 aliphatic heterocycles. The van der Waals surface area contributed by atoms with Crippen molar-refractivity contribution in [3.05, 3.63) is 17.8 Å². The van der Waals surface area contributed by atoms with Crippen LogP contribution in [0.5, 0.6) is 0 Å². The summed E-state index contributed by atoms with van der Waals surface area (Å²) < 4.78 is 25.7. The number of anilines is 1. The van der Waals surface area contributed by atoms with Crippen LogP contribution in [0.4, 0.5) is 5.95 Å². The van der Waals surface area contributed by atoms with Crippen LogP contribution in [0.15, 0.2) is 11.2 Å². The van der Waals surface area contributed by atoms with Gasteiger partial charge in [0.05, 0.1) is 6.20 Å². The lowest BCUT2D eigenvalue weighted by atomic mass is 10.8. The first-order valence-corrected chi connectivity index (χ1v) is 5.89. The maximum atomic E-state index is 11.7. The Morgan fingerprint density at radius 2 is 2.06 bits per heavy atom. The molecule has 0 bridgehead atoms. The van der Waals surface area contributed by atoms with Crippen molar-refractivity contribution in [2.45, 2.75) is 18.9 Å². The molecule has 9 heteroatoms. The van der Waals surface area contributed by atoms with E-state index in [4.69, 9.17) is 0 Å². The van der Waals surface area contributed by atoms with Gasteiger partial charge in [0, 0.05) is 0 Å². The van der Waals surface area contributed by atoms with E-state index in [1.54, 1.807) is 13.8 Å². The zero-order valence-corrected chi connectivity index (χ0v) is 9.46. The second-order valence-corrected chi connectivity index (χ2v) is 4.83. The standard InChI is InChI=1S/C7H10N6O2S/c1-4-8-3-6(9-4)16(14,15)13-7-10-5(2)11-12-7/h3H,1-2H3,(H,8,9)(H2,10,11,12,13). The normalized spacial score (nSPS) is 11.6.